The maximum Gasteiger partial charge on any atom is 0.223 e. The molecule has 0 radical (unpaired) electrons. The molecule has 0 aromatic carbocycles. The number of hydrogen-bond acceptors (Lipinski definition) is 3. The maximum atomic E-state index is 12.0. The lowest BCUT2D eigenvalue weighted by Crippen LogP contribution is -2.62. The highest BCUT2D eigenvalue weighted by molar-refractivity contribution is 7.80. The molecule has 96 valence electrons. The first-order valence-corrected chi connectivity index (χ1v) is 6.75. The summed E-state index contributed by atoms with van der Waals surface area (Å²) in [4.78, 5) is 14.7. The minimum atomic E-state index is -0.436. The zero-order valence-electron chi connectivity index (χ0n) is 10.4. The SMILES string of the molecule is CN1CCC(NC(=O)C2CCC2)(C(N)=S)CC1. The topological polar surface area (TPSA) is 58.4 Å². The number of nitrogens with zero attached hydrogens (tertiary/aromatic N) is 1. The summed E-state index contributed by atoms with van der Waals surface area (Å²) >= 11 is 5.17. The van der Waals surface area contributed by atoms with E-state index >= 15 is 0 Å². The van der Waals surface area contributed by atoms with Crippen molar-refractivity contribution in [3.05, 3.63) is 0 Å². The van der Waals surface area contributed by atoms with Gasteiger partial charge in [-0.3, -0.25) is 4.79 Å². The van der Waals surface area contributed by atoms with Gasteiger partial charge in [-0.05, 0) is 32.7 Å². The van der Waals surface area contributed by atoms with E-state index in [1.54, 1.807) is 0 Å². The van der Waals surface area contributed by atoms with Crippen molar-refractivity contribution in [2.45, 2.75) is 37.6 Å². The second-order valence-electron chi connectivity index (χ2n) is 5.37. The highest BCUT2D eigenvalue weighted by Crippen LogP contribution is 2.29. The summed E-state index contributed by atoms with van der Waals surface area (Å²) in [5.74, 6) is 0.342. The van der Waals surface area contributed by atoms with Gasteiger partial charge in [-0.2, -0.15) is 0 Å². The van der Waals surface area contributed by atoms with E-state index in [9.17, 15) is 4.79 Å². The van der Waals surface area contributed by atoms with Crippen molar-refractivity contribution in [3.63, 3.8) is 0 Å². The minimum absolute atomic E-state index is 0.147. The third-order valence-electron chi connectivity index (χ3n) is 4.15. The standard InChI is InChI=1S/C12H21N3OS/c1-15-7-5-12(6-8-15,11(13)17)14-10(16)9-3-2-4-9/h9H,2-8H2,1H3,(H2,13,17)(H,14,16). The quantitative estimate of drug-likeness (QED) is 0.727. The van der Waals surface area contributed by atoms with E-state index in [4.69, 9.17) is 18.0 Å². The molecular formula is C12H21N3OS. The molecule has 4 nitrogen and oxygen atoms in total. The van der Waals surface area contributed by atoms with Crippen LogP contribution in [-0.2, 0) is 4.79 Å². The van der Waals surface area contributed by atoms with E-state index in [0.29, 0.717) is 4.99 Å². The Bertz CT molecular complexity index is 320. The van der Waals surface area contributed by atoms with Crippen LogP contribution in [0.5, 0.6) is 0 Å². The van der Waals surface area contributed by atoms with Crippen molar-refractivity contribution < 1.29 is 4.79 Å². The van der Waals surface area contributed by atoms with E-state index < -0.39 is 5.54 Å². The van der Waals surface area contributed by atoms with Gasteiger partial charge in [0.15, 0.2) is 0 Å². The van der Waals surface area contributed by atoms with Gasteiger partial charge in [-0.25, -0.2) is 0 Å². The molecule has 3 N–H and O–H groups in total. The molecule has 0 unspecified atom stereocenters. The molecule has 1 amide bonds. The Labute approximate surface area is 108 Å². The summed E-state index contributed by atoms with van der Waals surface area (Å²) in [6, 6.07) is 0. The summed E-state index contributed by atoms with van der Waals surface area (Å²) in [7, 11) is 2.08. The third kappa shape index (κ3) is 2.60. The van der Waals surface area contributed by atoms with Crippen LogP contribution >= 0.6 is 12.2 Å². The van der Waals surface area contributed by atoms with Gasteiger partial charge in [0.1, 0.15) is 0 Å². The van der Waals surface area contributed by atoms with Gasteiger partial charge in [0.05, 0.1) is 10.5 Å². The zero-order valence-corrected chi connectivity index (χ0v) is 11.2. The van der Waals surface area contributed by atoms with E-state index in [2.05, 4.69) is 17.3 Å². The second kappa shape index (κ2) is 4.90. The fourth-order valence-electron chi connectivity index (χ4n) is 2.44. The Morgan fingerprint density at radius 1 is 1.41 bits per heavy atom. The number of nitrogens with one attached hydrogen (secondary N) is 1. The average molecular weight is 255 g/mol. The molecule has 17 heavy (non-hydrogen) atoms. The van der Waals surface area contributed by atoms with Crippen LogP contribution in [0.1, 0.15) is 32.1 Å². The van der Waals surface area contributed by atoms with Crippen LogP contribution in [0.2, 0.25) is 0 Å². The first-order valence-electron chi connectivity index (χ1n) is 6.34. The summed E-state index contributed by atoms with van der Waals surface area (Å²) in [6.45, 7) is 1.87. The first-order chi connectivity index (χ1) is 8.03. The summed E-state index contributed by atoms with van der Waals surface area (Å²) in [5, 5.41) is 3.12. The van der Waals surface area contributed by atoms with Crippen molar-refractivity contribution in [3.8, 4) is 0 Å². The van der Waals surface area contributed by atoms with Gasteiger partial charge in [0, 0.05) is 19.0 Å². The van der Waals surface area contributed by atoms with Crippen LogP contribution in [0.15, 0.2) is 0 Å². The molecule has 0 spiro atoms. The number of carbonyl (C=O) groups excluding carboxylic acids is 1. The Hall–Kier alpha value is -0.680. The zero-order chi connectivity index (χ0) is 12.5. The number of hydrogen-bond donors (Lipinski definition) is 2. The Balaban J connectivity index is 2.01. The molecule has 2 aliphatic rings. The molecule has 1 saturated heterocycles. The highest BCUT2D eigenvalue weighted by atomic mass is 32.1. The molecule has 0 atom stereocenters. The molecular weight excluding hydrogens is 234 g/mol. The Morgan fingerprint density at radius 3 is 2.41 bits per heavy atom. The highest BCUT2D eigenvalue weighted by Gasteiger charge is 2.40. The van der Waals surface area contributed by atoms with E-state index in [1.807, 2.05) is 0 Å². The minimum Gasteiger partial charge on any atom is -0.391 e. The van der Waals surface area contributed by atoms with Crippen molar-refractivity contribution in [2.24, 2.45) is 11.7 Å². The molecule has 5 heteroatoms. The Kier molecular flexibility index (Phi) is 3.68. The van der Waals surface area contributed by atoms with Crippen molar-refractivity contribution in [1.29, 1.82) is 0 Å². The first kappa shape index (κ1) is 12.8. The fraction of sp³-hybridized carbons (Fsp3) is 0.833. The summed E-state index contributed by atoms with van der Waals surface area (Å²) < 4.78 is 0. The summed E-state index contributed by atoms with van der Waals surface area (Å²) in [5.41, 5.74) is 5.42. The number of nitrogens with two attached hydrogens (primary N) is 1. The molecule has 1 aliphatic heterocycles. The van der Waals surface area contributed by atoms with Gasteiger partial charge >= 0.3 is 0 Å². The van der Waals surface area contributed by atoms with E-state index in [1.165, 1.54) is 6.42 Å². The van der Waals surface area contributed by atoms with Crippen LogP contribution in [0.3, 0.4) is 0 Å². The van der Waals surface area contributed by atoms with Gasteiger partial charge in [0.25, 0.3) is 0 Å². The number of carbonyl (C=O) groups is 1. The number of piperidine rings is 1. The molecule has 0 aromatic rings. The maximum absolute atomic E-state index is 12.0. The molecule has 0 bridgehead atoms. The van der Waals surface area contributed by atoms with Crippen LogP contribution in [0.25, 0.3) is 0 Å². The third-order valence-corrected chi connectivity index (χ3v) is 4.54. The number of rotatable bonds is 3. The number of amides is 1. The van der Waals surface area contributed by atoms with Crippen LogP contribution in [-0.4, -0.2) is 41.5 Å². The molecule has 2 fully saturated rings. The average Bonchev–Trinajstić information content (AvgIpc) is 2.18. The predicted molar refractivity (Wildman–Crippen MR) is 71.7 cm³/mol. The second-order valence-corrected chi connectivity index (χ2v) is 5.81. The molecule has 2 rings (SSSR count). The van der Waals surface area contributed by atoms with E-state index in [-0.39, 0.29) is 11.8 Å². The number of likely N-dealkylation sites (tertiary alicyclic amines) is 1. The van der Waals surface area contributed by atoms with Gasteiger partial charge in [-0.1, -0.05) is 18.6 Å². The lowest BCUT2D eigenvalue weighted by Gasteiger charge is -2.42. The van der Waals surface area contributed by atoms with E-state index in [0.717, 1.165) is 38.8 Å². The molecule has 1 aliphatic carbocycles. The largest absolute Gasteiger partial charge is 0.391 e. The van der Waals surface area contributed by atoms with Crippen molar-refractivity contribution >= 4 is 23.1 Å². The summed E-state index contributed by atoms with van der Waals surface area (Å²) in [6.07, 6.45) is 4.85. The Morgan fingerprint density at radius 2 is 2.00 bits per heavy atom. The van der Waals surface area contributed by atoms with Crippen molar-refractivity contribution in [2.75, 3.05) is 20.1 Å². The molecule has 1 heterocycles. The smallest absolute Gasteiger partial charge is 0.223 e. The van der Waals surface area contributed by atoms with Gasteiger partial charge < -0.3 is 16.0 Å². The number of thiocarbonyl (C=S) groups is 1. The van der Waals surface area contributed by atoms with Crippen molar-refractivity contribution in [1.82, 2.24) is 10.2 Å². The monoisotopic (exact) mass is 255 g/mol. The lowest BCUT2D eigenvalue weighted by atomic mass is 9.82. The molecule has 1 saturated carbocycles. The van der Waals surface area contributed by atoms with Gasteiger partial charge in [0.2, 0.25) is 5.91 Å². The predicted octanol–water partition coefficient (Wildman–Crippen LogP) is 0.653. The van der Waals surface area contributed by atoms with Crippen LogP contribution in [0.4, 0.5) is 0 Å². The molecule has 0 aromatic heterocycles. The fourth-order valence-corrected chi connectivity index (χ4v) is 2.70. The van der Waals surface area contributed by atoms with Crippen LogP contribution in [0, 0.1) is 5.92 Å². The van der Waals surface area contributed by atoms with Gasteiger partial charge in [-0.15, -0.1) is 0 Å². The normalized spacial score (nSPS) is 25.0. The van der Waals surface area contributed by atoms with Crippen LogP contribution < -0.4 is 11.1 Å². The lowest BCUT2D eigenvalue weighted by molar-refractivity contribution is -0.129.